The molecule has 4 rings (SSSR count). The van der Waals surface area contributed by atoms with Crippen LogP contribution in [0.1, 0.15) is 38.7 Å². The number of ether oxygens (including phenoxy) is 1. The molecule has 3 aromatic rings. The summed E-state index contributed by atoms with van der Waals surface area (Å²) in [6, 6.07) is 10.3. The van der Waals surface area contributed by atoms with Gasteiger partial charge in [-0.1, -0.05) is 25.5 Å². The van der Waals surface area contributed by atoms with Crippen molar-refractivity contribution in [3.05, 3.63) is 64.5 Å². The highest BCUT2D eigenvalue weighted by Crippen LogP contribution is 2.36. The van der Waals surface area contributed by atoms with E-state index in [4.69, 9.17) is 9.15 Å². The van der Waals surface area contributed by atoms with Crippen LogP contribution in [-0.4, -0.2) is 10.7 Å². The molecule has 27 heavy (non-hydrogen) atoms. The summed E-state index contributed by atoms with van der Waals surface area (Å²) >= 11 is 0. The molecule has 1 N–H and O–H groups in total. The van der Waals surface area contributed by atoms with Crippen LogP contribution in [0, 0.1) is 0 Å². The molecule has 0 spiro atoms. The zero-order valence-electron chi connectivity index (χ0n) is 15.5. The number of fused-ring (bicyclic) bond motifs is 2. The molecule has 0 amide bonds. The van der Waals surface area contributed by atoms with E-state index < -0.39 is 0 Å². The van der Waals surface area contributed by atoms with Crippen LogP contribution in [0.25, 0.3) is 28.2 Å². The molecule has 2 aromatic carbocycles. The van der Waals surface area contributed by atoms with E-state index in [2.05, 4.69) is 26.0 Å². The Morgan fingerprint density at radius 2 is 2.00 bits per heavy atom. The van der Waals surface area contributed by atoms with Gasteiger partial charge in [0.15, 0.2) is 5.43 Å². The van der Waals surface area contributed by atoms with Gasteiger partial charge in [-0.05, 0) is 55.7 Å². The van der Waals surface area contributed by atoms with Crippen LogP contribution in [-0.2, 0) is 0 Å². The maximum atomic E-state index is 12.8. The number of hydrogen-bond donors (Lipinski definition) is 1. The van der Waals surface area contributed by atoms with E-state index in [1.807, 2.05) is 18.2 Å². The molecule has 2 heterocycles. The predicted molar refractivity (Wildman–Crippen MR) is 107 cm³/mol. The third-order valence-electron chi connectivity index (χ3n) is 5.06. The zero-order chi connectivity index (χ0) is 19.0. The number of phenols is 1. The van der Waals surface area contributed by atoms with Crippen molar-refractivity contribution in [3.63, 3.8) is 0 Å². The van der Waals surface area contributed by atoms with Crippen molar-refractivity contribution in [3.8, 4) is 22.6 Å². The van der Waals surface area contributed by atoms with Gasteiger partial charge in [0.2, 0.25) is 0 Å². The summed E-state index contributed by atoms with van der Waals surface area (Å²) in [5.41, 5.74) is 2.19. The lowest BCUT2D eigenvalue weighted by atomic mass is 9.93. The van der Waals surface area contributed by atoms with Crippen LogP contribution < -0.4 is 10.2 Å². The lowest BCUT2D eigenvalue weighted by Crippen LogP contribution is -2.31. The minimum atomic E-state index is -0.283. The lowest BCUT2D eigenvalue weighted by Gasteiger charge is -2.31. The van der Waals surface area contributed by atoms with E-state index in [1.165, 1.54) is 18.4 Å². The Kier molecular flexibility index (Phi) is 4.27. The van der Waals surface area contributed by atoms with Gasteiger partial charge in [0.1, 0.15) is 28.9 Å². The molecule has 4 nitrogen and oxygen atoms in total. The number of phenolic OH excluding ortho intramolecular Hbond substituents is 1. The minimum absolute atomic E-state index is 0.0700. The summed E-state index contributed by atoms with van der Waals surface area (Å²) < 4.78 is 11.8. The fourth-order valence-corrected chi connectivity index (χ4v) is 3.47. The van der Waals surface area contributed by atoms with Gasteiger partial charge in [0.05, 0.1) is 10.9 Å². The first kappa shape index (κ1) is 17.4. The average molecular weight is 362 g/mol. The minimum Gasteiger partial charge on any atom is -0.508 e. The average Bonchev–Trinajstić information content (AvgIpc) is 2.66. The molecular formula is C23H22O4. The second-order valence-electron chi connectivity index (χ2n) is 7.26. The van der Waals surface area contributed by atoms with Gasteiger partial charge < -0.3 is 14.3 Å². The zero-order valence-corrected chi connectivity index (χ0v) is 15.5. The van der Waals surface area contributed by atoms with Gasteiger partial charge in [-0.3, -0.25) is 4.79 Å². The molecule has 0 aliphatic carbocycles. The first-order valence-electron chi connectivity index (χ1n) is 9.26. The standard InChI is InChI=1S/C23H22O4/c1-3-4-10-23(2)11-9-16-12-15(5-8-20(16)27-23)19-14-26-21-13-17(24)6-7-18(21)22(19)25/h5-9,11-14,24H,3-4,10H2,1-2H3. The van der Waals surface area contributed by atoms with Gasteiger partial charge in [0, 0.05) is 11.6 Å². The van der Waals surface area contributed by atoms with Crippen LogP contribution in [0.4, 0.5) is 0 Å². The first-order valence-corrected chi connectivity index (χ1v) is 9.26. The van der Waals surface area contributed by atoms with Crippen LogP contribution in [0.15, 0.2) is 57.9 Å². The van der Waals surface area contributed by atoms with Gasteiger partial charge in [-0.25, -0.2) is 0 Å². The number of benzene rings is 2. The summed E-state index contributed by atoms with van der Waals surface area (Å²) in [4.78, 5) is 12.8. The van der Waals surface area contributed by atoms with E-state index in [1.54, 1.807) is 6.07 Å². The van der Waals surface area contributed by atoms with Crippen LogP contribution in [0.3, 0.4) is 0 Å². The molecule has 0 saturated heterocycles. The maximum Gasteiger partial charge on any atom is 0.200 e. The van der Waals surface area contributed by atoms with Crippen molar-refractivity contribution in [1.82, 2.24) is 0 Å². The highest BCUT2D eigenvalue weighted by atomic mass is 16.5. The molecule has 0 saturated carbocycles. The third-order valence-corrected chi connectivity index (χ3v) is 5.06. The first-order chi connectivity index (χ1) is 13.0. The smallest absolute Gasteiger partial charge is 0.200 e. The predicted octanol–water partition coefficient (Wildman–Crippen LogP) is 5.52. The second kappa shape index (κ2) is 6.62. The second-order valence-corrected chi connectivity index (χ2v) is 7.26. The highest BCUT2D eigenvalue weighted by Gasteiger charge is 2.27. The van der Waals surface area contributed by atoms with Crippen molar-refractivity contribution in [2.45, 2.75) is 38.7 Å². The molecule has 1 aliphatic rings. The molecule has 0 bridgehead atoms. The largest absolute Gasteiger partial charge is 0.508 e. The monoisotopic (exact) mass is 362 g/mol. The Bertz CT molecular complexity index is 1090. The molecule has 0 radical (unpaired) electrons. The summed E-state index contributed by atoms with van der Waals surface area (Å²) in [5.74, 6) is 0.899. The van der Waals surface area contributed by atoms with Crippen LogP contribution in [0.2, 0.25) is 0 Å². The van der Waals surface area contributed by atoms with Crippen molar-refractivity contribution < 1.29 is 14.3 Å². The number of unbranched alkanes of at least 4 members (excludes halogenated alkanes) is 1. The maximum absolute atomic E-state index is 12.8. The Morgan fingerprint density at radius 3 is 2.81 bits per heavy atom. The molecule has 1 aliphatic heterocycles. The normalized spacial score (nSPS) is 18.3. The summed E-state index contributed by atoms with van der Waals surface area (Å²) in [5, 5.41) is 10.00. The van der Waals surface area contributed by atoms with Gasteiger partial charge in [-0.2, -0.15) is 0 Å². The van der Waals surface area contributed by atoms with Crippen LogP contribution >= 0.6 is 0 Å². The molecular weight excluding hydrogens is 340 g/mol. The van der Waals surface area contributed by atoms with Crippen molar-refractivity contribution in [1.29, 1.82) is 0 Å². The molecule has 4 heteroatoms. The van der Waals surface area contributed by atoms with E-state index in [9.17, 15) is 9.90 Å². The Hall–Kier alpha value is -3.01. The molecule has 0 fully saturated rings. The molecule has 1 aromatic heterocycles. The third kappa shape index (κ3) is 3.23. The molecule has 138 valence electrons. The van der Waals surface area contributed by atoms with Crippen molar-refractivity contribution >= 4 is 17.0 Å². The summed E-state index contributed by atoms with van der Waals surface area (Å²) in [6.07, 6.45) is 8.84. The fraction of sp³-hybridized carbons (Fsp3) is 0.261. The quantitative estimate of drug-likeness (QED) is 0.664. The van der Waals surface area contributed by atoms with Crippen LogP contribution in [0.5, 0.6) is 11.5 Å². The SMILES string of the molecule is CCCCC1(C)C=Cc2cc(-c3coc4cc(O)ccc4c3=O)ccc2O1. The Morgan fingerprint density at radius 1 is 1.15 bits per heavy atom. The molecule has 1 unspecified atom stereocenters. The van der Waals surface area contributed by atoms with Gasteiger partial charge in [0.25, 0.3) is 0 Å². The van der Waals surface area contributed by atoms with E-state index in [-0.39, 0.29) is 16.8 Å². The van der Waals surface area contributed by atoms with E-state index >= 15 is 0 Å². The van der Waals surface area contributed by atoms with E-state index in [0.29, 0.717) is 16.5 Å². The lowest BCUT2D eigenvalue weighted by molar-refractivity contribution is 0.124. The highest BCUT2D eigenvalue weighted by molar-refractivity contribution is 5.83. The molecule has 1 atom stereocenters. The van der Waals surface area contributed by atoms with Gasteiger partial charge >= 0.3 is 0 Å². The van der Waals surface area contributed by atoms with E-state index in [0.717, 1.165) is 36.1 Å². The van der Waals surface area contributed by atoms with Crippen molar-refractivity contribution in [2.75, 3.05) is 0 Å². The topological polar surface area (TPSA) is 59.7 Å². The Labute approximate surface area is 157 Å². The van der Waals surface area contributed by atoms with Gasteiger partial charge in [-0.15, -0.1) is 0 Å². The number of rotatable bonds is 4. The fourth-order valence-electron chi connectivity index (χ4n) is 3.47. The summed E-state index contributed by atoms with van der Waals surface area (Å²) in [7, 11) is 0. The summed E-state index contributed by atoms with van der Waals surface area (Å²) in [6.45, 7) is 4.27. The van der Waals surface area contributed by atoms with Crippen molar-refractivity contribution in [2.24, 2.45) is 0 Å². The number of hydrogen-bond acceptors (Lipinski definition) is 4. The Balaban J connectivity index is 1.72. The number of aromatic hydroxyl groups is 1.